The first-order valence-corrected chi connectivity index (χ1v) is 8.83. The second kappa shape index (κ2) is 10.8. The quantitative estimate of drug-likeness (QED) is 0.653. The van der Waals surface area contributed by atoms with Crippen molar-refractivity contribution in [3.63, 3.8) is 0 Å². The zero-order valence-electron chi connectivity index (χ0n) is 14.1. The molecule has 3 N–H and O–H groups in total. The normalized spacial score (nSPS) is 14.2. The average molecular weight is 415 g/mol. The lowest BCUT2D eigenvalue weighted by atomic mass is 10.1. The van der Waals surface area contributed by atoms with E-state index in [1.165, 1.54) is 19.3 Å². The first-order chi connectivity index (χ1) is 11.8. The number of benzene rings is 1. The van der Waals surface area contributed by atoms with E-state index in [-0.39, 0.29) is 5.91 Å². The number of aryl methyl sites for hydroxylation is 1. The molecule has 0 bridgehead atoms. The number of aliphatic carboxylic acids is 2. The maximum atomic E-state index is 11.9. The van der Waals surface area contributed by atoms with Crippen LogP contribution >= 0.6 is 15.9 Å². The Morgan fingerprint density at radius 3 is 2.24 bits per heavy atom. The van der Waals surface area contributed by atoms with Crippen molar-refractivity contribution in [2.24, 2.45) is 0 Å². The molecule has 1 aliphatic heterocycles. The van der Waals surface area contributed by atoms with Gasteiger partial charge < -0.3 is 20.4 Å². The van der Waals surface area contributed by atoms with Gasteiger partial charge >= 0.3 is 11.9 Å². The van der Waals surface area contributed by atoms with Gasteiger partial charge in [-0.1, -0.05) is 22.4 Å². The molecule has 0 aromatic heterocycles. The Morgan fingerprint density at radius 2 is 1.72 bits per heavy atom. The van der Waals surface area contributed by atoms with Gasteiger partial charge in [0.1, 0.15) is 0 Å². The number of nitrogens with one attached hydrogen (secondary N) is 1. The lowest BCUT2D eigenvalue weighted by Crippen LogP contribution is -2.32. The average Bonchev–Trinajstić information content (AvgIpc) is 2.58. The summed E-state index contributed by atoms with van der Waals surface area (Å²) in [5, 5.41) is 17.7. The fraction of sp³-hybridized carbons (Fsp3) is 0.471. The molecule has 1 amide bonds. The van der Waals surface area contributed by atoms with Crippen molar-refractivity contribution >= 4 is 39.5 Å². The van der Waals surface area contributed by atoms with Crippen LogP contribution in [0.3, 0.4) is 0 Å². The van der Waals surface area contributed by atoms with Gasteiger partial charge in [0.05, 0.1) is 0 Å². The zero-order valence-corrected chi connectivity index (χ0v) is 15.7. The van der Waals surface area contributed by atoms with Crippen LogP contribution in [0.25, 0.3) is 0 Å². The highest BCUT2D eigenvalue weighted by atomic mass is 79.9. The van der Waals surface area contributed by atoms with Crippen molar-refractivity contribution in [3.05, 3.63) is 28.2 Å². The van der Waals surface area contributed by atoms with E-state index in [4.69, 9.17) is 19.8 Å². The number of carboxylic acid groups (broad SMARTS) is 2. The Bertz CT molecular complexity index is 603. The van der Waals surface area contributed by atoms with E-state index in [0.717, 1.165) is 35.4 Å². The molecule has 1 aromatic rings. The van der Waals surface area contributed by atoms with Gasteiger partial charge in [-0.25, -0.2) is 9.59 Å². The molecular formula is C17H23BrN2O5. The van der Waals surface area contributed by atoms with Crippen LogP contribution in [0.1, 0.15) is 31.2 Å². The van der Waals surface area contributed by atoms with Gasteiger partial charge in [0.2, 0.25) is 5.91 Å². The number of piperidine rings is 1. The summed E-state index contributed by atoms with van der Waals surface area (Å²) in [4.78, 5) is 32.5. The van der Waals surface area contributed by atoms with Crippen molar-refractivity contribution in [2.45, 2.75) is 32.6 Å². The van der Waals surface area contributed by atoms with E-state index in [1.54, 1.807) is 0 Å². The van der Waals surface area contributed by atoms with Gasteiger partial charge in [-0.2, -0.15) is 0 Å². The molecule has 1 fully saturated rings. The molecule has 0 radical (unpaired) electrons. The molecule has 1 heterocycles. The lowest BCUT2D eigenvalue weighted by Gasteiger charge is -2.25. The van der Waals surface area contributed by atoms with Crippen LogP contribution in [0, 0.1) is 6.92 Å². The Hall–Kier alpha value is -1.93. The van der Waals surface area contributed by atoms with E-state index in [0.29, 0.717) is 6.42 Å². The summed E-state index contributed by atoms with van der Waals surface area (Å²) < 4.78 is 1.07. The smallest absolute Gasteiger partial charge is 0.414 e. The number of hydrogen-bond acceptors (Lipinski definition) is 4. The molecule has 0 atom stereocenters. The van der Waals surface area contributed by atoms with Gasteiger partial charge in [-0.05, 0) is 56.6 Å². The third-order valence-electron chi connectivity index (χ3n) is 3.73. The second-order valence-corrected chi connectivity index (χ2v) is 6.63. The summed E-state index contributed by atoms with van der Waals surface area (Å²) in [6.45, 7) is 5.18. The molecule has 8 heteroatoms. The molecule has 1 aromatic carbocycles. The van der Waals surface area contributed by atoms with Crippen LogP contribution in [0.15, 0.2) is 22.7 Å². The molecule has 0 saturated carbocycles. The molecule has 0 unspecified atom stereocenters. The van der Waals surface area contributed by atoms with E-state index in [9.17, 15) is 4.79 Å². The monoisotopic (exact) mass is 414 g/mol. The van der Waals surface area contributed by atoms with Crippen molar-refractivity contribution in [1.82, 2.24) is 4.90 Å². The predicted octanol–water partition coefficient (Wildman–Crippen LogP) is 2.73. The minimum atomic E-state index is -1.82. The lowest BCUT2D eigenvalue weighted by molar-refractivity contribution is -0.159. The van der Waals surface area contributed by atoms with Gasteiger partial charge in [0, 0.05) is 23.1 Å². The summed E-state index contributed by atoms with van der Waals surface area (Å²) in [5.41, 5.74) is 2.01. The van der Waals surface area contributed by atoms with Gasteiger partial charge in [0.25, 0.3) is 0 Å². The van der Waals surface area contributed by atoms with Crippen LogP contribution in [-0.4, -0.2) is 52.6 Å². The van der Waals surface area contributed by atoms with Crippen LogP contribution in [0.5, 0.6) is 0 Å². The number of halogens is 1. The first kappa shape index (κ1) is 21.1. The van der Waals surface area contributed by atoms with E-state index in [1.807, 2.05) is 25.1 Å². The maximum absolute atomic E-state index is 11.9. The van der Waals surface area contributed by atoms with Gasteiger partial charge in [-0.3, -0.25) is 4.79 Å². The minimum absolute atomic E-state index is 0.104. The zero-order chi connectivity index (χ0) is 18.8. The Morgan fingerprint density at radius 1 is 1.12 bits per heavy atom. The van der Waals surface area contributed by atoms with Crippen LogP contribution in [-0.2, 0) is 14.4 Å². The molecule has 1 aliphatic rings. The number of carboxylic acids is 2. The Kier molecular flexibility index (Phi) is 9.15. The summed E-state index contributed by atoms with van der Waals surface area (Å²) >= 11 is 3.46. The number of carbonyl (C=O) groups is 3. The van der Waals surface area contributed by atoms with Gasteiger partial charge in [0.15, 0.2) is 0 Å². The largest absolute Gasteiger partial charge is 0.473 e. The topological polar surface area (TPSA) is 107 Å². The summed E-state index contributed by atoms with van der Waals surface area (Å²) in [6, 6.07) is 5.88. The molecular weight excluding hydrogens is 392 g/mol. The fourth-order valence-corrected chi connectivity index (χ4v) is 2.64. The SMILES string of the molecule is Cc1cc(NC(=O)CCN2CCCCC2)ccc1Br.O=C(O)C(=O)O. The summed E-state index contributed by atoms with van der Waals surface area (Å²) in [7, 11) is 0. The van der Waals surface area contributed by atoms with Crippen molar-refractivity contribution in [1.29, 1.82) is 0 Å². The molecule has 0 aliphatic carbocycles. The summed E-state index contributed by atoms with van der Waals surface area (Å²) in [5.74, 6) is -3.54. The number of nitrogens with zero attached hydrogens (tertiary/aromatic N) is 1. The van der Waals surface area contributed by atoms with Crippen LogP contribution in [0.4, 0.5) is 5.69 Å². The maximum Gasteiger partial charge on any atom is 0.414 e. The fourth-order valence-electron chi connectivity index (χ4n) is 2.39. The number of rotatable bonds is 4. The Labute approximate surface area is 155 Å². The van der Waals surface area contributed by atoms with Gasteiger partial charge in [-0.15, -0.1) is 0 Å². The number of amides is 1. The van der Waals surface area contributed by atoms with Crippen molar-refractivity contribution < 1.29 is 24.6 Å². The Balaban J connectivity index is 0.000000450. The van der Waals surface area contributed by atoms with Crippen molar-refractivity contribution in [3.8, 4) is 0 Å². The highest BCUT2D eigenvalue weighted by Gasteiger charge is 2.11. The number of carbonyl (C=O) groups excluding carboxylic acids is 1. The van der Waals surface area contributed by atoms with Crippen LogP contribution in [0.2, 0.25) is 0 Å². The second-order valence-electron chi connectivity index (χ2n) is 5.77. The summed E-state index contributed by atoms with van der Waals surface area (Å²) in [6.07, 6.45) is 4.46. The molecule has 2 rings (SSSR count). The highest BCUT2D eigenvalue weighted by Crippen LogP contribution is 2.20. The number of hydrogen-bond donors (Lipinski definition) is 3. The van der Waals surface area contributed by atoms with Crippen molar-refractivity contribution in [2.75, 3.05) is 25.0 Å². The molecule has 25 heavy (non-hydrogen) atoms. The minimum Gasteiger partial charge on any atom is -0.473 e. The first-order valence-electron chi connectivity index (χ1n) is 8.04. The highest BCUT2D eigenvalue weighted by molar-refractivity contribution is 9.10. The number of likely N-dealkylation sites (tertiary alicyclic amines) is 1. The third-order valence-corrected chi connectivity index (χ3v) is 4.62. The molecule has 1 saturated heterocycles. The van der Waals surface area contributed by atoms with E-state index in [2.05, 4.69) is 26.1 Å². The van der Waals surface area contributed by atoms with E-state index < -0.39 is 11.9 Å². The molecule has 0 spiro atoms. The third kappa shape index (κ3) is 8.64. The molecule has 7 nitrogen and oxygen atoms in total. The standard InChI is InChI=1S/C15H21BrN2O.C2H2O4/c1-12-11-13(5-6-14(12)16)17-15(19)7-10-18-8-3-2-4-9-18;3-1(4)2(5)6/h5-6,11H,2-4,7-10H2,1H3,(H,17,19);(H,3,4)(H,5,6). The van der Waals surface area contributed by atoms with Crippen LogP contribution < -0.4 is 5.32 Å². The predicted molar refractivity (Wildman–Crippen MR) is 97.7 cm³/mol. The number of anilines is 1. The van der Waals surface area contributed by atoms with E-state index >= 15 is 0 Å². The molecule has 138 valence electrons.